The summed E-state index contributed by atoms with van der Waals surface area (Å²) in [6.45, 7) is 14.3. The SMILES string of the molecule is C#CCCOCCOCCO[Si](C)(C)C(C)(C)C. The lowest BCUT2D eigenvalue weighted by atomic mass is 10.2. The van der Waals surface area contributed by atoms with E-state index in [4.69, 9.17) is 20.3 Å². The maximum Gasteiger partial charge on any atom is 0.192 e. The Morgan fingerprint density at radius 3 is 1.94 bits per heavy atom. The molecule has 0 amide bonds. The summed E-state index contributed by atoms with van der Waals surface area (Å²) in [4.78, 5) is 0. The highest BCUT2D eigenvalue weighted by Gasteiger charge is 2.36. The van der Waals surface area contributed by atoms with E-state index in [1.165, 1.54) is 0 Å². The van der Waals surface area contributed by atoms with Crippen LogP contribution in [0.5, 0.6) is 0 Å². The van der Waals surface area contributed by atoms with Gasteiger partial charge in [0, 0.05) is 6.42 Å². The molecule has 0 spiro atoms. The molecule has 0 N–H and O–H groups in total. The first kappa shape index (κ1) is 17.7. The predicted molar refractivity (Wildman–Crippen MR) is 78.2 cm³/mol. The van der Waals surface area contributed by atoms with Crippen LogP contribution in [0.3, 0.4) is 0 Å². The van der Waals surface area contributed by atoms with E-state index in [2.05, 4.69) is 39.8 Å². The molecule has 0 bridgehead atoms. The molecule has 4 heteroatoms. The molecule has 0 aliphatic rings. The zero-order valence-electron chi connectivity index (χ0n) is 12.5. The molecule has 0 aliphatic carbocycles. The Kier molecular flexibility index (Phi) is 8.54. The zero-order valence-corrected chi connectivity index (χ0v) is 13.5. The highest BCUT2D eigenvalue weighted by Crippen LogP contribution is 2.36. The topological polar surface area (TPSA) is 27.7 Å². The summed E-state index contributed by atoms with van der Waals surface area (Å²) in [5.74, 6) is 2.53. The fraction of sp³-hybridized carbons (Fsp3) is 0.857. The van der Waals surface area contributed by atoms with E-state index in [0.717, 1.165) is 0 Å². The van der Waals surface area contributed by atoms with Gasteiger partial charge in [0.1, 0.15) is 0 Å². The number of terminal acetylenes is 1. The predicted octanol–water partition coefficient (Wildman–Crippen LogP) is 3.06. The second-order valence-corrected chi connectivity index (χ2v) is 10.6. The van der Waals surface area contributed by atoms with Crippen molar-refractivity contribution in [2.24, 2.45) is 0 Å². The minimum atomic E-state index is -1.62. The van der Waals surface area contributed by atoms with Crippen LogP contribution in [0.4, 0.5) is 0 Å². The third-order valence-electron chi connectivity index (χ3n) is 3.26. The Morgan fingerprint density at radius 2 is 1.44 bits per heavy atom. The second-order valence-electron chi connectivity index (χ2n) is 5.79. The maximum atomic E-state index is 5.99. The van der Waals surface area contributed by atoms with E-state index in [0.29, 0.717) is 39.5 Å². The summed E-state index contributed by atoms with van der Waals surface area (Å²) in [6, 6.07) is 0. The molecule has 0 atom stereocenters. The van der Waals surface area contributed by atoms with Gasteiger partial charge in [-0.1, -0.05) is 20.8 Å². The number of hydrogen-bond donors (Lipinski definition) is 0. The normalized spacial score (nSPS) is 12.4. The Morgan fingerprint density at radius 1 is 0.944 bits per heavy atom. The van der Waals surface area contributed by atoms with E-state index >= 15 is 0 Å². The van der Waals surface area contributed by atoms with Gasteiger partial charge < -0.3 is 13.9 Å². The van der Waals surface area contributed by atoms with Crippen molar-refractivity contribution in [3.05, 3.63) is 0 Å². The fourth-order valence-electron chi connectivity index (χ4n) is 1.03. The lowest BCUT2D eigenvalue weighted by Crippen LogP contribution is -2.41. The standard InChI is InChI=1S/C14H28O3Si/c1-7-8-9-15-10-11-16-12-13-17-18(5,6)14(2,3)4/h1H,8-13H2,2-6H3. The Balaban J connectivity index is 3.44. The van der Waals surface area contributed by atoms with Gasteiger partial charge in [0.2, 0.25) is 0 Å². The quantitative estimate of drug-likeness (QED) is 0.367. The summed E-state index contributed by atoms with van der Waals surface area (Å²) in [5.41, 5.74) is 0. The van der Waals surface area contributed by atoms with Crippen molar-refractivity contribution in [1.29, 1.82) is 0 Å². The Hall–Kier alpha value is -0.343. The van der Waals surface area contributed by atoms with Gasteiger partial charge in [0.15, 0.2) is 8.32 Å². The molecule has 3 nitrogen and oxygen atoms in total. The van der Waals surface area contributed by atoms with Crippen molar-refractivity contribution in [3.8, 4) is 12.3 Å². The average Bonchev–Trinajstić information content (AvgIpc) is 2.25. The molecule has 0 saturated carbocycles. The lowest BCUT2D eigenvalue weighted by molar-refractivity contribution is 0.0364. The first-order valence-corrected chi connectivity index (χ1v) is 9.45. The van der Waals surface area contributed by atoms with Crippen LogP contribution in [0.15, 0.2) is 0 Å². The van der Waals surface area contributed by atoms with Gasteiger partial charge >= 0.3 is 0 Å². The van der Waals surface area contributed by atoms with Crippen LogP contribution in [0.1, 0.15) is 27.2 Å². The van der Waals surface area contributed by atoms with Gasteiger partial charge in [0.25, 0.3) is 0 Å². The maximum absolute atomic E-state index is 5.99. The van der Waals surface area contributed by atoms with Gasteiger partial charge in [-0.3, -0.25) is 0 Å². The number of ether oxygens (including phenoxy) is 2. The number of rotatable bonds is 9. The number of hydrogen-bond acceptors (Lipinski definition) is 3. The van der Waals surface area contributed by atoms with Crippen molar-refractivity contribution in [3.63, 3.8) is 0 Å². The molecule has 0 unspecified atom stereocenters. The van der Waals surface area contributed by atoms with E-state index in [1.54, 1.807) is 0 Å². The molecule has 0 aromatic rings. The molecule has 0 saturated heterocycles. The molecular formula is C14H28O3Si. The van der Waals surface area contributed by atoms with Crippen molar-refractivity contribution in [2.75, 3.05) is 33.0 Å². The van der Waals surface area contributed by atoms with Crippen LogP contribution in [0.2, 0.25) is 18.1 Å². The third kappa shape index (κ3) is 7.88. The van der Waals surface area contributed by atoms with Gasteiger partial charge in [-0.05, 0) is 18.1 Å². The molecule has 18 heavy (non-hydrogen) atoms. The van der Waals surface area contributed by atoms with Crippen molar-refractivity contribution < 1.29 is 13.9 Å². The smallest absolute Gasteiger partial charge is 0.192 e. The van der Waals surface area contributed by atoms with Crippen LogP contribution in [-0.2, 0) is 13.9 Å². The molecule has 106 valence electrons. The van der Waals surface area contributed by atoms with E-state index in [1.807, 2.05) is 0 Å². The van der Waals surface area contributed by atoms with Crippen LogP contribution in [-0.4, -0.2) is 41.4 Å². The Bertz CT molecular complexity index is 251. The molecule has 0 radical (unpaired) electrons. The summed E-state index contributed by atoms with van der Waals surface area (Å²) >= 11 is 0. The van der Waals surface area contributed by atoms with Crippen molar-refractivity contribution in [2.45, 2.75) is 45.3 Å². The third-order valence-corrected chi connectivity index (χ3v) is 7.80. The van der Waals surface area contributed by atoms with Crippen LogP contribution >= 0.6 is 0 Å². The molecular weight excluding hydrogens is 244 g/mol. The average molecular weight is 272 g/mol. The molecule has 0 heterocycles. The van der Waals surface area contributed by atoms with Gasteiger partial charge in [-0.15, -0.1) is 12.3 Å². The first-order valence-electron chi connectivity index (χ1n) is 6.54. The largest absolute Gasteiger partial charge is 0.414 e. The summed E-state index contributed by atoms with van der Waals surface area (Å²) in [7, 11) is -1.62. The monoisotopic (exact) mass is 272 g/mol. The first-order chi connectivity index (χ1) is 8.31. The molecule has 0 aromatic carbocycles. The highest BCUT2D eigenvalue weighted by atomic mass is 28.4. The zero-order chi connectivity index (χ0) is 14.1. The molecule has 0 fully saturated rings. The van der Waals surface area contributed by atoms with E-state index in [-0.39, 0.29) is 5.04 Å². The van der Waals surface area contributed by atoms with Crippen LogP contribution < -0.4 is 0 Å². The van der Waals surface area contributed by atoms with E-state index < -0.39 is 8.32 Å². The Labute approximate surface area is 113 Å². The minimum absolute atomic E-state index is 0.255. The molecule has 0 aromatic heterocycles. The van der Waals surface area contributed by atoms with Crippen molar-refractivity contribution >= 4 is 8.32 Å². The highest BCUT2D eigenvalue weighted by molar-refractivity contribution is 6.74. The van der Waals surface area contributed by atoms with E-state index in [9.17, 15) is 0 Å². The van der Waals surface area contributed by atoms with Crippen LogP contribution in [0, 0.1) is 12.3 Å². The van der Waals surface area contributed by atoms with Gasteiger partial charge in [0.05, 0.1) is 33.0 Å². The molecule has 0 aliphatic heterocycles. The van der Waals surface area contributed by atoms with Crippen LogP contribution in [0.25, 0.3) is 0 Å². The van der Waals surface area contributed by atoms with Gasteiger partial charge in [-0.2, -0.15) is 0 Å². The van der Waals surface area contributed by atoms with Crippen molar-refractivity contribution in [1.82, 2.24) is 0 Å². The summed E-state index contributed by atoms with van der Waals surface area (Å²) in [5, 5.41) is 0.255. The van der Waals surface area contributed by atoms with Gasteiger partial charge in [-0.25, -0.2) is 0 Å². The molecule has 0 rings (SSSR count). The lowest BCUT2D eigenvalue weighted by Gasteiger charge is -2.36. The minimum Gasteiger partial charge on any atom is -0.414 e. The fourth-order valence-corrected chi connectivity index (χ4v) is 2.05. The summed E-state index contributed by atoms with van der Waals surface area (Å²) < 4.78 is 16.7. The summed E-state index contributed by atoms with van der Waals surface area (Å²) in [6.07, 6.45) is 5.77. The second kappa shape index (κ2) is 8.71.